The van der Waals surface area contributed by atoms with Crippen molar-refractivity contribution >= 4 is 21.9 Å². The first-order chi connectivity index (χ1) is 15.0. The Labute approximate surface area is 193 Å². The molecule has 0 amide bonds. The van der Waals surface area contributed by atoms with Crippen LogP contribution in [0.2, 0.25) is 0 Å². The minimum Gasteiger partial charge on any atom is -0.489 e. The Kier molecular flexibility index (Phi) is 5.82. The molecule has 0 N–H and O–H groups in total. The highest BCUT2D eigenvalue weighted by Crippen LogP contribution is 2.50. The van der Waals surface area contributed by atoms with Gasteiger partial charge in [0.05, 0.1) is 5.92 Å². The van der Waals surface area contributed by atoms with E-state index in [0.29, 0.717) is 6.61 Å². The van der Waals surface area contributed by atoms with Crippen molar-refractivity contribution in [2.45, 2.75) is 52.2 Å². The number of fused-ring (bicyclic) bond motifs is 3. The lowest BCUT2D eigenvalue weighted by Gasteiger charge is -2.32. The van der Waals surface area contributed by atoms with Gasteiger partial charge in [-0.2, -0.15) is 0 Å². The molecule has 31 heavy (non-hydrogen) atoms. The van der Waals surface area contributed by atoms with Crippen molar-refractivity contribution in [1.29, 1.82) is 0 Å². The number of aryl methyl sites for hydroxylation is 1. The summed E-state index contributed by atoms with van der Waals surface area (Å²) in [7, 11) is 0. The van der Waals surface area contributed by atoms with Crippen LogP contribution < -0.4 is 4.74 Å². The van der Waals surface area contributed by atoms with Gasteiger partial charge in [0.2, 0.25) is 0 Å². The number of ether oxygens (including phenoxy) is 2. The fourth-order valence-corrected chi connectivity index (χ4v) is 6.08. The van der Waals surface area contributed by atoms with Crippen LogP contribution in [-0.2, 0) is 22.6 Å². The molecule has 2 aromatic carbocycles. The highest BCUT2D eigenvalue weighted by molar-refractivity contribution is 9.10. The number of carbonyl (C=O) groups is 1. The second-order valence-electron chi connectivity index (χ2n) is 9.26. The molecule has 0 bridgehead atoms. The third-order valence-electron chi connectivity index (χ3n) is 7.38. The summed E-state index contributed by atoms with van der Waals surface area (Å²) in [5.41, 5.74) is 6.03. The van der Waals surface area contributed by atoms with E-state index < -0.39 is 0 Å². The lowest BCUT2D eigenvalue weighted by molar-refractivity contribution is -0.145. The number of hydrogen-bond acceptors (Lipinski definition) is 4. The Morgan fingerprint density at radius 3 is 2.74 bits per heavy atom. The number of carbonyl (C=O) groups excluding carboxylic acids is 1. The van der Waals surface area contributed by atoms with E-state index in [1.165, 1.54) is 29.5 Å². The third kappa shape index (κ3) is 3.91. The number of hydrogen-bond donors (Lipinski definition) is 0. The maximum Gasteiger partial charge on any atom is 0.311 e. The van der Waals surface area contributed by atoms with Crippen LogP contribution in [0, 0.1) is 25.7 Å². The van der Waals surface area contributed by atoms with Crippen molar-refractivity contribution in [2.75, 3.05) is 19.6 Å². The molecule has 2 aliphatic heterocycles. The molecule has 1 aliphatic carbocycles. The third-order valence-corrected chi connectivity index (χ3v) is 8.15. The molecule has 5 heteroatoms. The van der Waals surface area contributed by atoms with Gasteiger partial charge in [-0.25, -0.2) is 0 Å². The zero-order valence-corrected chi connectivity index (χ0v) is 19.9. The topological polar surface area (TPSA) is 38.8 Å². The predicted molar refractivity (Wildman–Crippen MR) is 124 cm³/mol. The highest BCUT2D eigenvalue weighted by Gasteiger charge is 2.49. The van der Waals surface area contributed by atoms with Crippen LogP contribution in [0.5, 0.6) is 5.75 Å². The molecule has 0 radical (unpaired) electrons. The van der Waals surface area contributed by atoms with Crippen LogP contribution in [0.1, 0.15) is 53.2 Å². The van der Waals surface area contributed by atoms with Crippen LogP contribution in [0.25, 0.3) is 0 Å². The monoisotopic (exact) mass is 483 g/mol. The molecule has 0 aromatic heterocycles. The number of halogens is 1. The zero-order valence-electron chi connectivity index (χ0n) is 18.3. The quantitative estimate of drug-likeness (QED) is 0.525. The Morgan fingerprint density at radius 1 is 1.19 bits per heavy atom. The Hall–Kier alpha value is -1.85. The van der Waals surface area contributed by atoms with Crippen molar-refractivity contribution in [1.82, 2.24) is 4.90 Å². The van der Waals surface area contributed by atoms with E-state index in [9.17, 15) is 4.79 Å². The number of likely N-dealkylation sites (tertiary alicyclic amines) is 1. The van der Waals surface area contributed by atoms with Crippen molar-refractivity contribution in [2.24, 2.45) is 11.8 Å². The van der Waals surface area contributed by atoms with Crippen LogP contribution in [-0.4, -0.2) is 30.5 Å². The molecule has 2 heterocycles. The van der Waals surface area contributed by atoms with E-state index in [-0.39, 0.29) is 23.9 Å². The summed E-state index contributed by atoms with van der Waals surface area (Å²) in [5.74, 6) is 1.16. The molecule has 2 unspecified atom stereocenters. The van der Waals surface area contributed by atoms with Crippen LogP contribution >= 0.6 is 15.9 Å². The summed E-state index contributed by atoms with van der Waals surface area (Å²) in [4.78, 5) is 15.3. The summed E-state index contributed by atoms with van der Waals surface area (Å²) in [6, 6.07) is 10.3. The molecule has 0 spiro atoms. The van der Waals surface area contributed by atoms with Gasteiger partial charge in [-0.05, 0) is 81.4 Å². The average Bonchev–Trinajstić information content (AvgIpc) is 3.38. The molecular weight excluding hydrogens is 454 g/mol. The molecule has 0 saturated carbocycles. The summed E-state index contributed by atoms with van der Waals surface area (Å²) in [6.45, 7) is 7.86. The van der Waals surface area contributed by atoms with E-state index in [1.54, 1.807) is 0 Å². The number of rotatable bonds is 5. The second kappa shape index (κ2) is 8.59. The van der Waals surface area contributed by atoms with Crippen LogP contribution in [0.4, 0.5) is 0 Å². The molecule has 4 nitrogen and oxygen atoms in total. The zero-order chi connectivity index (χ0) is 21.5. The number of nitrogens with zero attached hydrogens (tertiary/aromatic N) is 1. The summed E-state index contributed by atoms with van der Waals surface area (Å²) in [6.07, 6.45) is 4.40. The number of esters is 1. The van der Waals surface area contributed by atoms with E-state index in [1.807, 2.05) is 18.2 Å². The van der Waals surface area contributed by atoms with Gasteiger partial charge in [0.25, 0.3) is 0 Å². The fourth-order valence-electron chi connectivity index (χ4n) is 5.68. The average molecular weight is 484 g/mol. The maximum atomic E-state index is 12.9. The molecule has 5 rings (SSSR count). The molecular formula is C26H30BrNO3. The summed E-state index contributed by atoms with van der Waals surface area (Å²) < 4.78 is 13.4. The standard InChI is InChI=1S/C26H30BrNO3/c1-16-13-23(30-15-18-7-3-4-8-22(18)27)17(2)24-19(16)9-10-20-21(26(29)31-25(20)24)14-28-11-5-6-12-28/h3-4,7-8,13,20-21,25H,5-6,9-12,14-15H2,1-2H3/t20?,21?,25-/m1/s1. The van der Waals surface area contributed by atoms with Crippen LogP contribution in [0.3, 0.4) is 0 Å². The highest BCUT2D eigenvalue weighted by atomic mass is 79.9. The summed E-state index contributed by atoms with van der Waals surface area (Å²) in [5, 5.41) is 0. The molecule has 2 fully saturated rings. The molecule has 3 atom stereocenters. The lowest BCUT2D eigenvalue weighted by atomic mass is 9.74. The molecule has 2 aromatic rings. The maximum absolute atomic E-state index is 12.9. The Balaban J connectivity index is 1.42. The first kappa shape index (κ1) is 21.0. The smallest absolute Gasteiger partial charge is 0.311 e. The minimum absolute atomic E-state index is 0.000745. The van der Waals surface area contributed by atoms with Gasteiger partial charge in [0.15, 0.2) is 0 Å². The fraction of sp³-hybridized carbons (Fsp3) is 0.500. The normalized spacial score (nSPS) is 25.3. The van der Waals surface area contributed by atoms with Crippen molar-refractivity contribution in [3.63, 3.8) is 0 Å². The molecule has 164 valence electrons. The van der Waals surface area contributed by atoms with Gasteiger partial charge in [0, 0.05) is 28.1 Å². The lowest BCUT2D eigenvalue weighted by Crippen LogP contribution is -2.33. The SMILES string of the molecule is Cc1cc(OCc2ccccc2Br)c(C)c2c1CCC1C(CN3CCCC3)C(=O)O[C@@H]21. The van der Waals surface area contributed by atoms with Gasteiger partial charge in [0.1, 0.15) is 18.5 Å². The van der Waals surface area contributed by atoms with E-state index in [0.717, 1.165) is 53.8 Å². The molecule has 2 saturated heterocycles. The van der Waals surface area contributed by atoms with Crippen molar-refractivity contribution < 1.29 is 14.3 Å². The molecule has 3 aliphatic rings. The Morgan fingerprint density at radius 2 is 1.97 bits per heavy atom. The second-order valence-corrected chi connectivity index (χ2v) is 10.1. The van der Waals surface area contributed by atoms with Gasteiger partial charge in [-0.1, -0.05) is 34.1 Å². The minimum atomic E-state index is -0.130. The predicted octanol–water partition coefficient (Wildman–Crippen LogP) is 5.52. The summed E-state index contributed by atoms with van der Waals surface area (Å²) >= 11 is 3.61. The Bertz CT molecular complexity index is 998. The van der Waals surface area contributed by atoms with E-state index >= 15 is 0 Å². The van der Waals surface area contributed by atoms with Crippen molar-refractivity contribution in [3.8, 4) is 5.75 Å². The van der Waals surface area contributed by atoms with Gasteiger partial charge in [-0.15, -0.1) is 0 Å². The van der Waals surface area contributed by atoms with Gasteiger partial charge in [-0.3, -0.25) is 4.79 Å². The van der Waals surface area contributed by atoms with Gasteiger partial charge < -0.3 is 14.4 Å². The van der Waals surface area contributed by atoms with Gasteiger partial charge >= 0.3 is 5.97 Å². The van der Waals surface area contributed by atoms with E-state index in [4.69, 9.17) is 9.47 Å². The van der Waals surface area contributed by atoms with Crippen LogP contribution in [0.15, 0.2) is 34.8 Å². The largest absolute Gasteiger partial charge is 0.489 e. The first-order valence-corrected chi connectivity index (χ1v) is 12.2. The van der Waals surface area contributed by atoms with Crippen molar-refractivity contribution in [3.05, 3.63) is 62.6 Å². The number of benzene rings is 2. The van der Waals surface area contributed by atoms with E-state index in [2.05, 4.69) is 46.8 Å². The first-order valence-electron chi connectivity index (χ1n) is 11.4.